The number of amides is 1. The van der Waals surface area contributed by atoms with Crippen LogP contribution in [0.3, 0.4) is 0 Å². The van der Waals surface area contributed by atoms with Crippen molar-refractivity contribution in [1.29, 1.82) is 0 Å². The Morgan fingerprint density at radius 2 is 1.68 bits per heavy atom. The lowest BCUT2D eigenvalue weighted by molar-refractivity contribution is -0.128. The van der Waals surface area contributed by atoms with Crippen molar-refractivity contribution >= 4 is 5.91 Å². The first-order valence-corrected chi connectivity index (χ1v) is 8.67. The second-order valence-electron chi connectivity index (χ2n) is 6.23. The first-order chi connectivity index (χ1) is 12.0. The molecule has 0 aliphatic heterocycles. The van der Waals surface area contributed by atoms with Gasteiger partial charge in [-0.1, -0.05) is 25.1 Å². The molecule has 1 atom stereocenters. The molecule has 4 heteroatoms. The van der Waals surface area contributed by atoms with Gasteiger partial charge in [0.1, 0.15) is 11.5 Å². The van der Waals surface area contributed by atoms with Crippen LogP contribution < -0.4 is 14.8 Å². The van der Waals surface area contributed by atoms with E-state index in [2.05, 4.69) is 11.4 Å². The first kappa shape index (κ1) is 18.8. The fraction of sp³-hybridized carbons (Fsp3) is 0.381. The summed E-state index contributed by atoms with van der Waals surface area (Å²) in [6.07, 6.45) is 0.925. The van der Waals surface area contributed by atoms with E-state index >= 15 is 0 Å². The Hall–Kier alpha value is -2.49. The Morgan fingerprint density at radius 1 is 1.04 bits per heavy atom. The van der Waals surface area contributed by atoms with Crippen LogP contribution in [0.5, 0.6) is 11.5 Å². The van der Waals surface area contributed by atoms with E-state index in [1.54, 1.807) is 7.11 Å². The number of carbonyl (C=O) groups excluding carboxylic acids is 1. The molecule has 0 saturated heterocycles. The van der Waals surface area contributed by atoms with Crippen molar-refractivity contribution in [2.75, 3.05) is 13.7 Å². The molecule has 0 radical (unpaired) electrons. The number of benzene rings is 2. The maximum Gasteiger partial charge on any atom is 0.261 e. The van der Waals surface area contributed by atoms with Crippen molar-refractivity contribution in [1.82, 2.24) is 5.32 Å². The smallest absolute Gasteiger partial charge is 0.261 e. The van der Waals surface area contributed by atoms with E-state index in [9.17, 15) is 4.79 Å². The lowest BCUT2D eigenvalue weighted by atomic mass is 10.1. The van der Waals surface area contributed by atoms with Crippen molar-refractivity contribution in [3.05, 3.63) is 59.2 Å². The molecule has 134 valence electrons. The Morgan fingerprint density at radius 3 is 2.24 bits per heavy atom. The highest BCUT2D eigenvalue weighted by Crippen LogP contribution is 2.18. The van der Waals surface area contributed by atoms with Gasteiger partial charge in [0, 0.05) is 6.54 Å². The number of ether oxygens (including phenoxy) is 2. The number of aryl methyl sites for hydroxylation is 2. The Bertz CT molecular complexity index is 675. The zero-order chi connectivity index (χ0) is 18.2. The second kappa shape index (κ2) is 9.11. The number of hydrogen-bond donors (Lipinski definition) is 1. The summed E-state index contributed by atoms with van der Waals surface area (Å²) in [6, 6.07) is 13.9. The van der Waals surface area contributed by atoms with E-state index in [0.29, 0.717) is 13.0 Å². The van der Waals surface area contributed by atoms with Gasteiger partial charge in [0.2, 0.25) is 0 Å². The molecule has 0 aliphatic carbocycles. The van der Waals surface area contributed by atoms with Crippen molar-refractivity contribution in [2.24, 2.45) is 0 Å². The van der Waals surface area contributed by atoms with E-state index in [1.165, 1.54) is 0 Å². The summed E-state index contributed by atoms with van der Waals surface area (Å²) in [5.74, 6) is 1.51. The molecule has 0 fully saturated rings. The van der Waals surface area contributed by atoms with Gasteiger partial charge in [0.05, 0.1) is 7.11 Å². The zero-order valence-corrected chi connectivity index (χ0v) is 15.5. The maximum absolute atomic E-state index is 12.4. The highest BCUT2D eigenvalue weighted by Gasteiger charge is 2.18. The summed E-state index contributed by atoms with van der Waals surface area (Å²) in [5, 5.41) is 2.97. The van der Waals surface area contributed by atoms with Crippen LogP contribution in [0.1, 0.15) is 30.0 Å². The summed E-state index contributed by atoms with van der Waals surface area (Å²) in [4.78, 5) is 12.4. The molecular formula is C21H27NO3. The first-order valence-electron chi connectivity index (χ1n) is 8.67. The average molecular weight is 341 g/mol. The standard InChI is InChI=1S/C21H27NO3/c1-5-20(25-19-13-15(2)12-16(3)14-19)21(23)22-11-10-17-6-8-18(24-4)9-7-17/h6-9,12-14,20H,5,10-11H2,1-4H3,(H,22,23). The molecular weight excluding hydrogens is 314 g/mol. The highest BCUT2D eigenvalue weighted by molar-refractivity contribution is 5.81. The number of nitrogens with one attached hydrogen (secondary N) is 1. The summed E-state index contributed by atoms with van der Waals surface area (Å²) in [6.45, 7) is 6.58. The quantitative estimate of drug-likeness (QED) is 0.794. The molecule has 2 aromatic carbocycles. The van der Waals surface area contributed by atoms with Gasteiger partial charge in [-0.05, 0) is 67.6 Å². The number of methoxy groups -OCH3 is 1. The number of rotatable bonds is 8. The van der Waals surface area contributed by atoms with Crippen LogP contribution in [-0.4, -0.2) is 25.7 Å². The molecule has 2 aromatic rings. The van der Waals surface area contributed by atoms with Gasteiger partial charge in [-0.25, -0.2) is 0 Å². The molecule has 0 bridgehead atoms. The Kier molecular flexibility index (Phi) is 6.87. The molecule has 0 aliphatic rings. The van der Waals surface area contributed by atoms with E-state index in [0.717, 1.165) is 34.6 Å². The number of hydrogen-bond acceptors (Lipinski definition) is 3. The minimum atomic E-state index is -0.475. The van der Waals surface area contributed by atoms with E-state index < -0.39 is 6.10 Å². The van der Waals surface area contributed by atoms with E-state index in [1.807, 2.05) is 57.2 Å². The molecule has 0 saturated carbocycles. The SMILES string of the molecule is CCC(Oc1cc(C)cc(C)c1)C(=O)NCCc1ccc(OC)cc1. The van der Waals surface area contributed by atoms with Crippen LogP contribution in [0.4, 0.5) is 0 Å². The van der Waals surface area contributed by atoms with Gasteiger partial charge in [0.15, 0.2) is 6.10 Å². The normalized spacial score (nSPS) is 11.7. The van der Waals surface area contributed by atoms with Crippen LogP contribution in [0.25, 0.3) is 0 Å². The van der Waals surface area contributed by atoms with Crippen molar-refractivity contribution in [3.63, 3.8) is 0 Å². The predicted octanol–water partition coefficient (Wildman–Crippen LogP) is 3.83. The van der Waals surface area contributed by atoms with Gasteiger partial charge in [-0.2, -0.15) is 0 Å². The fourth-order valence-corrected chi connectivity index (χ4v) is 2.72. The summed E-state index contributed by atoms with van der Waals surface area (Å²) in [5.41, 5.74) is 3.42. The van der Waals surface area contributed by atoms with Gasteiger partial charge in [0.25, 0.3) is 5.91 Å². The minimum Gasteiger partial charge on any atom is -0.497 e. The molecule has 1 unspecified atom stereocenters. The van der Waals surface area contributed by atoms with E-state index in [-0.39, 0.29) is 5.91 Å². The molecule has 0 aromatic heterocycles. The van der Waals surface area contributed by atoms with Crippen LogP contribution in [0.15, 0.2) is 42.5 Å². The molecule has 0 heterocycles. The molecule has 0 spiro atoms. The molecule has 1 N–H and O–H groups in total. The third-order valence-electron chi connectivity index (χ3n) is 4.01. The monoisotopic (exact) mass is 341 g/mol. The number of carbonyl (C=O) groups is 1. The third-order valence-corrected chi connectivity index (χ3v) is 4.01. The predicted molar refractivity (Wildman–Crippen MR) is 100 cm³/mol. The van der Waals surface area contributed by atoms with Crippen molar-refractivity contribution in [2.45, 2.75) is 39.7 Å². The van der Waals surface area contributed by atoms with Gasteiger partial charge in [-0.15, -0.1) is 0 Å². The summed E-state index contributed by atoms with van der Waals surface area (Å²) < 4.78 is 11.0. The molecule has 2 rings (SSSR count). The average Bonchev–Trinajstić information content (AvgIpc) is 2.59. The molecule has 4 nitrogen and oxygen atoms in total. The van der Waals surface area contributed by atoms with Gasteiger partial charge >= 0.3 is 0 Å². The largest absolute Gasteiger partial charge is 0.497 e. The van der Waals surface area contributed by atoms with E-state index in [4.69, 9.17) is 9.47 Å². The van der Waals surface area contributed by atoms with Crippen molar-refractivity contribution in [3.8, 4) is 11.5 Å². The second-order valence-corrected chi connectivity index (χ2v) is 6.23. The zero-order valence-electron chi connectivity index (χ0n) is 15.5. The van der Waals surface area contributed by atoms with Crippen LogP contribution >= 0.6 is 0 Å². The van der Waals surface area contributed by atoms with Crippen molar-refractivity contribution < 1.29 is 14.3 Å². The van der Waals surface area contributed by atoms with Gasteiger partial charge < -0.3 is 14.8 Å². The minimum absolute atomic E-state index is 0.0739. The Labute approximate surface area is 150 Å². The van der Waals surface area contributed by atoms with Crippen LogP contribution in [-0.2, 0) is 11.2 Å². The highest BCUT2D eigenvalue weighted by atomic mass is 16.5. The topological polar surface area (TPSA) is 47.6 Å². The van der Waals surface area contributed by atoms with Gasteiger partial charge in [-0.3, -0.25) is 4.79 Å². The summed E-state index contributed by atoms with van der Waals surface area (Å²) in [7, 11) is 1.65. The van der Waals surface area contributed by atoms with Crippen LogP contribution in [0, 0.1) is 13.8 Å². The summed E-state index contributed by atoms with van der Waals surface area (Å²) >= 11 is 0. The lowest BCUT2D eigenvalue weighted by Gasteiger charge is -2.18. The molecule has 1 amide bonds. The fourth-order valence-electron chi connectivity index (χ4n) is 2.72. The lowest BCUT2D eigenvalue weighted by Crippen LogP contribution is -2.38. The maximum atomic E-state index is 12.4. The Balaban J connectivity index is 1.86. The van der Waals surface area contributed by atoms with Crippen LogP contribution in [0.2, 0.25) is 0 Å². The third kappa shape index (κ3) is 5.82. The molecule has 25 heavy (non-hydrogen) atoms.